The maximum atomic E-state index is 11.6. The molecule has 0 fully saturated rings. The summed E-state index contributed by atoms with van der Waals surface area (Å²) in [6.07, 6.45) is 4.16. The van der Waals surface area contributed by atoms with E-state index < -0.39 is 6.16 Å². The first-order valence-corrected chi connectivity index (χ1v) is 8.21. The lowest BCUT2D eigenvalue weighted by Crippen LogP contribution is -2.21. The van der Waals surface area contributed by atoms with Gasteiger partial charge in [-0.05, 0) is 23.7 Å². The second-order valence-electron chi connectivity index (χ2n) is 6.36. The van der Waals surface area contributed by atoms with E-state index in [1.807, 2.05) is 0 Å². The van der Waals surface area contributed by atoms with E-state index in [4.69, 9.17) is 9.47 Å². The predicted octanol–water partition coefficient (Wildman–Crippen LogP) is 5.28. The Morgan fingerprint density at radius 3 is 1.40 bits per heavy atom. The molecule has 3 nitrogen and oxygen atoms in total. The molecule has 0 aliphatic heterocycles. The van der Waals surface area contributed by atoms with Gasteiger partial charge >= 0.3 is 6.16 Å². The number of carbonyl (C=O) groups is 1. The second-order valence-corrected chi connectivity index (χ2v) is 6.36. The van der Waals surface area contributed by atoms with Crippen molar-refractivity contribution in [1.29, 1.82) is 0 Å². The van der Waals surface area contributed by atoms with Crippen LogP contribution in [0.25, 0.3) is 0 Å². The summed E-state index contributed by atoms with van der Waals surface area (Å²) in [6.45, 7) is 13.9. The summed E-state index contributed by atoms with van der Waals surface area (Å²) < 4.78 is 10.4. The Hall–Kier alpha value is -0.730. The molecule has 4 atom stereocenters. The maximum absolute atomic E-state index is 11.6. The molecule has 0 saturated heterocycles. The largest absolute Gasteiger partial charge is 0.508 e. The van der Waals surface area contributed by atoms with Gasteiger partial charge in [0, 0.05) is 0 Å². The van der Waals surface area contributed by atoms with Crippen LogP contribution in [-0.4, -0.2) is 19.4 Å². The van der Waals surface area contributed by atoms with Crippen LogP contribution in [0.5, 0.6) is 0 Å². The quantitative estimate of drug-likeness (QED) is 0.512. The summed E-state index contributed by atoms with van der Waals surface area (Å²) in [5, 5.41) is 0. The van der Waals surface area contributed by atoms with E-state index in [2.05, 4.69) is 41.5 Å². The van der Waals surface area contributed by atoms with Gasteiger partial charge in [-0.1, -0.05) is 67.2 Å². The van der Waals surface area contributed by atoms with Crippen LogP contribution in [-0.2, 0) is 9.47 Å². The highest BCUT2D eigenvalue weighted by molar-refractivity contribution is 5.59. The molecule has 0 aliphatic rings. The number of hydrogen-bond donors (Lipinski definition) is 0. The van der Waals surface area contributed by atoms with Crippen molar-refractivity contribution >= 4 is 6.16 Å². The fraction of sp³-hybridized carbons (Fsp3) is 0.941. The van der Waals surface area contributed by atoms with Gasteiger partial charge in [-0.3, -0.25) is 0 Å². The molecule has 3 heteroatoms. The molecule has 0 aromatic rings. The Bertz CT molecular complexity index is 229. The Kier molecular flexibility index (Phi) is 10.6. The standard InChI is InChI=1S/C17H34O3/c1-7-9-13(3)15(5)11-19-17(18)20-12-16(6)14(4)10-8-2/h13-16H,7-12H2,1-6H3. The normalized spacial score (nSPS) is 17.1. The van der Waals surface area contributed by atoms with Crippen LogP contribution in [0, 0.1) is 23.7 Å². The molecule has 0 bridgehead atoms. The average Bonchev–Trinajstić information content (AvgIpc) is 2.42. The van der Waals surface area contributed by atoms with E-state index in [0.29, 0.717) is 36.9 Å². The van der Waals surface area contributed by atoms with Gasteiger partial charge in [-0.25, -0.2) is 4.79 Å². The van der Waals surface area contributed by atoms with Gasteiger partial charge < -0.3 is 9.47 Å². The minimum absolute atomic E-state index is 0.388. The van der Waals surface area contributed by atoms with Crippen LogP contribution in [0.1, 0.15) is 67.2 Å². The van der Waals surface area contributed by atoms with E-state index in [1.165, 1.54) is 25.7 Å². The van der Waals surface area contributed by atoms with E-state index >= 15 is 0 Å². The lowest BCUT2D eigenvalue weighted by molar-refractivity contribution is 0.0268. The second kappa shape index (κ2) is 11.0. The van der Waals surface area contributed by atoms with Crippen molar-refractivity contribution < 1.29 is 14.3 Å². The smallest absolute Gasteiger partial charge is 0.434 e. The minimum Gasteiger partial charge on any atom is -0.434 e. The fourth-order valence-electron chi connectivity index (χ4n) is 2.25. The molecule has 0 N–H and O–H groups in total. The number of ether oxygens (including phenoxy) is 2. The molecule has 20 heavy (non-hydrogen) atoms. The zero-order valence-corrected chi connectivity index (χ0v) is 14.3. The van der Waals surface area contributed by atoms with Gasteiger partial charge in [0.2, 0.25) is 0 Å². The van der Waals surface area contributed by atoms with E-state index in [9.17, 15) is 4.79 Å². The summed E-state index contributed by atoms with van der Waals surface area (Å²) in [5.41, 5.74) is 0. The third-order valence-electron chi connectivity index (χ3n) is 4.36. The molecule has 0 aromatic carbocycles. The van der Waals surface area contributed by atoms with Gasteiger partial charge in [0.15, 0.2) is 0 Å². The Labute approximate surface area is 125 Å². The Morgan fingerprint density at radius 2 is 1.10 bits per heavy atom. The molecular weight excluding hydrogens is 252 g/mol. The van der Waals surface area contributed by atoms with Crippen molar-refractivity contribution in [2.45, 2.75) is 67.2 Å². The van der Waals surface area contributed by atoms with Crippen molar-refractivity contribution in [2.75, 3.05) is 13.2 Å². The first kappa shape index (κ1) is 19.3. The van der Waals surface area contributed by atoms with Crippen molar-refractivity contribution in [3.63, 3.8) is 0 Å². The van der Waals surface area contributed by atoms with Gasteiger partial charge in [0.25, 0.3) is 0 Å². The van der Waals surface area contributed by atoms with E-state index in [-0.39, 0.29) is 0 Å². The van der Waals surface area contributed by atoms with Crippen molar-refractivity contribution in [2.24, 2.45) is 23.7 Å². The molecule has 0 radical (unpaired) electrons. The minimum atomic E-state index is -0.518. The summed E-state index contributed by atoms with van der Waals surface area (Å²) in [5.74, 6) is 1.94. The Morgan fingerprint density at radius 1 is 0.750 bits per heavy atom. The SMILES string of the molecule is CCCC(C)C(C)COC(=O)OCC(C)C(C)CCC. The highest BCUT2D eigenvalue weighted by Gasteiger charge is 2.17. The Balaban J connectivity index is 3.83. The summed E-state index contributed by atoms with van der Waals surface area (Å²) in [4.78, 5) is 11.6. The van der Waals surface area contributed by atoms with Crippen LogP contribution >= 0.6 is 0 Å². The van der Waals surface area contributed by atoms with Crippen LogP contribution in [0.4, 0.5) is 4.79 Å². The first-order valence-electron chi connectivity index (χ1n) is 8.21. The molecule has 0 saturated carbocycles. The van der Waals surface area contributed by atoms with Gasteiger partial charge in [-0.2, -0.15) is 0 Å². The van der Waals surface area contributed by atoms with Crippen molar-refractivity contribution in [3.05, 3.63) is 0 Å². The number of hydrogen-bond acceptors (Lipinski definition) is 3. The third kappa shape index (κ3) is 8.44. The third-order valence-corrected chi connectivity index (χ3v) is 4.36. The van der Waals surface area contributed by atoms with Crippen LogP contribution in [0.2, 0.25) is 0 Å². The van der Waals surface area contributed by atoms with Crippen LogP contribution in [0.3, 0.4) is 0 Å². The van der Waals surface area contributed by atoms with Crippen LogP contribution < -0.4 is 0 Å². The molecule has 0 aliphatic carbocycles. The summed E-state index contributed by atoms with van der Waals surface area (Å²) in [7, 11) is 0. The number of rotatable bonds is 10. The molecule has 0 amide bonds. The van der Waals surface area contributed by atoms with Crippen LogP contribution in [0.15, 0.2) is 0 Å². The van der Waals surface area contributed by atoms with Gasteiger partial charge in [0.05, 0.1) is 13.2 Å². The van der Waals surface area contributed by atoms with E-state index in [0.717, 1.165) is 0 Å². The van der Waals surface area contributed by atoms with Gasteiger partial charge in [0.1, 0.15) is 0 Å². The van der Waals surface area contributed by atoms with Crippen molar-refractivity contribution in [3.8, 4) is 0 Å². The van der Waals surface area contributed by atoms with E-state index in [1.54, 1.807) is 0 Å². The lowest BCUT2D eigenvalue weighted by atomic mass is 9.92. The topological polar surface area (TPSA) is 35.5 Å². The molecule has 0 spiro atoms. The lowest BCUT2D eigenvalue weighted by Gasteiger charge is -2.21. The predicted molar refractivity (Wildman–Crippen MR) is 83.8 cm³/mol. The molecule has 0 heterocycles. The average molecular weight is 286 g/mol. The molecule has 120 valence electrons. The fourth-order valence-corrected chi connectivity index (χ4v) is 2.25. The first-order chi connectivity index (χ1) is 9.42. The number of carbonyl (C=O) groups excluding carboxylic acids is 1. The molecule has 0 aromatic heterocycles. The van der Waals surface area contributed by atoms with Crippen molar-refractivity contribution in [1.82, 2.24) is 0 Å². The zero-order chi connectivity index (χ0) is 15.5. The maximum Gasteiger partial charge on any atom is 0.508 e. The summed E-state index contributed by atoms with van der Waals surface area (Å²) >= 11 is 0. The van der Waals surface area contributed by atoms with Gasteiger partial charge in [-0.15, -0.1) is 0 Å². The molecule has 4 unspecified atom stereocenters. The highest BCUT2D eigenvalue weighted by atomic mass is 16.7. The summed E-state index contributed by atoms with van der Waals surface area (Å²) in [6, 6.07) is 0. The monoisotopic (exact) mass is 286 g/mol. The highest BCUT2D eigenvalue weighted by Crippen LogP contribution is 2.18. The zero-order valence-electron chi connectivity index (χ0n) is 14.3. The molecule has 0 rings (SSSR count). The molecular formula is C17H34O3.